The number of rotatable bonds is 22. The third kappa shape index (κ3) is 16.9. The van der Waals surface area contributed by atoms with E-state index in [0.717, 1.165) is 32.1 Å². The normalized spacial score (nSPS) is 13.4. The van der Waals surface area contributed by atoms with Gasteiger partial charge in [-0.2, -0.15) is 0 Å². The van der Waals surface area contributed by atoms with Gasteiger partial charge in [0.25, 0.3) is 0 Å². The van der Waals surface area contributed by atoms with Crippen LogP contribution >= 0.6 is 0 Å². The minimum atomic E-state index is -0.264. The molecule has 174 valence electrons. The first-order chi connectivity index (χ1) is 14.1. The van der Waals surface area contributed by atoms with Crippen LogP contribution in [0, 0.1) is 5.41 Å². The van der Waals surface area contributed by atoms with Crippen molar-refractivity contribution in [2.45, 2.75) is 156 Å². The van der Waals surface area contributed by atoms with Gasteiger partial charge in [0, 0.05) is 0 Å². The molecule has 0 saturated heterocycles. The monoisotopic (exact) mass is 410 g/mol. The maximum atomic E-state index is 12.6. The molecule has 1 atom stereocenters. The van der Waals surface area contributed by atoms with Gasteiger partial charge in [0.2, 0.25) is 0 Å². The van der Waals surface area contributed by atoms with Crippen molar-refractivity contribution in [3.63, 3.8) is 0 Å². The number of carbonyl (C=O) groups excluding carboxylic acids is 1. The van der Waals surface area contributed by atoms with Crippen LogP contribution in [0.5, 0.6) is 0 Å². The molecular weight excluding hydrogens is 356 g/mol. The fourth-order valence-electron chi connectivity index (χ4n) is 4.28. The van der Waals surface area contributed by atoms with E-state index in [9.17, 15) is 4.79 Å². The smallest absolute Gasteiger partial charge is 0.311 e. The van der Waals surface area contributed by atoms with Gasteiger partial charge in [0.15, 0.2) is 0 Å². The molecule has 0 amide bonds. The van der Waals surface area contributed by atoms with Crippen molar-refractivity contribution in [3.8, 4) is 0 Å². The number of carbonyl (C=O) groups is 1. The first kappa shape index (κ1) is 28.5. The van der Waals surface area contributed by atoms with Crippen LogP contribution in [0.15, 0.2) is 0 Å². The zero-order valence-electron chi connectivity index (χ0n) is 20.7. The summed E-state index contributed by atoms with van der Waals surface area (Å²) < 4.78 is 5.66. The van der Waals surface area contributed by atoms with E-state index in [1.54, 1.807) is 0 Å². The van der Waals surface area contributed by atoms with Crippen LogP contribution in [0.3, 0.4) is 0 Å². The topological polar surface area (TPSA) is 26.3 Å². The molecule has 0 aromatic rings. The number of hydrogen-bond acceptors (Lipinski definition) is 2. The second-order valence-electron chi connectivity index (χ2n) is 9.50. The van der Waals surface area contributed by atoms with Crippen LogP contribution in [0.4, 0.5) is 0 Å². The van der Waals surface area contributed by atoms with Gasteiger partial charge >= 0.3 is 5.97 Å². The van der Waals surface area contributed by atoms with E-state index in [1.165, 1.54) is 96.3 Å². The molecule has 0 heterocycles. The number of hydrogen-bond donors (Lipinski definition) is 0. The molecule has 0 aliphatic carbocycles. The lowest BCUT2D eigenvalue weighted by Crippen LogP contribution is -2.30. The molecule has 0 rings (SSSR count). The van der Waals surface area contributed by atoms with Crippen molar-refractivity contribution in [2.24, 2.45) is 5.41 Å². The molecule has 0 radical (unpaired) electrons. The standard InChI is InChI=1S/C27H54O2/c1-5-8-10-11-12-13-14-15-16-17-18-19-20-22-25-29-26(28)27(4,23-7-3)24-21-9-6-2/h5-25H2,1-4H3. The lowest BCUT2D eigenvalue weighted by molar-refractivity contribution is -0.156. The Morgan fingerprint density at radius 1 is 0.552 bits per heavy atom. The van der Waals surface area contributed by atoms with Crippen LogP contribution in [-0.4, -0.2) is 12.6 Å². The second-order valence-corrected chi connectivity index (χ2v) is 9.50. The van der Waals surface area contributed by atoms with E-state index in [4.69, 9.17) is 4.74 Å². The van der Waals surface area contributed by atoms with Gasteiger partial charge in [-0.1, -0.05) is 130 Å². The van der Waals surface area contributed by atoms with E-state index in [0.29, 0.717) is 6.61 Å². The van der Waals surface area contributed by atoms with Crippen molar-refractivity contribution in [1.29, 1.82) is 0 Å². The summed E-state index contributed by atoms with van der Waals surface area (Å²) in [5.74, 6) is 0.0464. The number of unbranched alkanes of at least 4 members (excludes halogenated alkanes) is 15. The number of esters is 1. The molecule has 29 heavy (non-hydrogen) atoms. The third-order valence-electron chi connectivity index (χ3n) is 6.36. The van der Waals surface area contributed by atoms with Crippen molar-refractivity contribution in [2.75, 3.05) is 6.61 Å². The summed E-state index contributed by atoms with van der Waals surface area (Å²) in [4.78, 5) is 12.6. The molecule has 0 aliphatic rings. The zero-order chi connectivity index (χ0) is 21.6. The van der Waals surface area contributed by atoms with E-state index >= 15 is 0 Å². The summed E-state index contributed by atoms with van der Waals surface area (Å²) in [7, 11) is 0. The Bertz CT molecular complexity index is 352. The van der Waals surface area contributed by atoms with E-state index in [2.05, 4.69) is 27.7 Å². The SMILES string of the molecule is CCCCCCCCCCCCCCCCOC(=O)C(C)(CCC)CCCCC. The predicted molar refractivity (Wildman–Crippen MR) is 128 cm³/mol. The second kappa shape index (κ2) is 20.7. The molecule has 0 saturated carbocycles. The van der Waals surface area contributed by atoms with Crippen molar-refractivity contribution >= 4 is 5.97 Å². The average Bonchev–Trinajstić information content (AvgIpc) is 2.71. The minimum Gasteiger partial charge on any atom is -0.465 e. The van der Waals surface area contributed by atoms with Crippen LogP contribution in [0.1, 0.15) is 156 Å². The Kier molecular flexibility index (Phi) is 20.4. The van der Waals surface area contributed by atoms with E-state index in [1.807, 2.05) is 0 Å². The van der Waals surface area contributed by atoms with Gasteiger partial charge in [0.1, 0.15) is 0 Å². The molecule has 0 bridgehead atoms. The first-order valence-electron chi connectivity index (χ1n) is 13.3. The van der Waals surface area contributed by atoms with Gasteiger partial charge in [-0.15, -0.1) is 0 Å². The highest BCUT2D eigenvalue weighted by molar-refractivity contribution is 5.76. The summed E-state index contributed by atoms with van der Waals surface area (Å²) in [6, 6.07) is 0. The molecule has 0 aromatic carbocycles. The third-order valence-corrected chi connectivity index (χ3v) is 6.36. The molecule has 0 N–H and O–H groups in total. The summed E-state index contributed by atoms with van der Waals surface area (Å²) in [5, 5.41) is 0. The lowest BCUT2D eigenvalue weighted by Gasteiger charge is -2.27. The number of ether oxygens (including phenoxy) is 1. The van der Waals surface area contributed by atoms with Gasteiger partial charge in [-0.25, -0.2) is 0 Å². The summed E-state index contributed by atoms with van der Waals surface area (Å²) in [6.07, 6.45) is 25.5. The molecule has 0 aliphatic heterocycles. The molecule has 0 spiro atoms. The summed E-state index contributed by atoms with van der Waals surface area (Å²) in [6.45, 7) is 9.39. The highest BCUT2D eigenvalue weighted by atomic mass is 16.5. The van der Waals surface area contributed by atoms with Crippen molar-refractivity contribution in [3.05, 3.63) is 0 Å². The molecule has 2 nitrogen and oxygen atoms in total. The fraction of sp³-hybridized carbons (Fsp3) is 0.963. The van der Waals surface area contributed by atoms with Gasteiger partial charge in [0.05, 0.1) is 12.0 Å². The van der Waals surface area contributed by atoms with Crippen LogP contribution < -0.4 is 0 Å². The van der Waals surface area contributed by atoms with Crippen molar-refractivity contribution < 1.29 is 9.53 Å². The highest BCUT2D eigenvalue weighted by Gasteiger charge is 2.33. The minimum absolute atomic E-state index is 0.0464. The Morgan fingerprint density at radius 3 is 1.41 bits per heavy atom. The molecule has 1 unspecified atom stereocenters. The van der Waals surface area contributed by atoms with Gasteiger partial charge in [-0.3, -0.25) is 4.79 Å². The average molecular weight is 411 g/mol. The van der Waals surface area contributed by atoms with Crippen LogP contribution in [0.25, 0.3) is 0 Å². The molecule has 0 fully saturated rings. The predicted octanol–water partition coefficient (Wildman–Crippen LogP) is 9.40. The Balaban J connectivity index is 3.55. The van der Waals surface area contributed by atoms with Crippen LogP contribution in [0.2, 0.25) is 0 Å². The zero-order valence-corrected chi connectivity index (χ0v) is 20.7. The quantitative estimate of drug-likeness (QED) is 0.131. The first-order valence-corrected chi connectivity index (χ1v) is 13.3. The van der Waals surface area contributed by atoms with Gasteiger partial charge in [-0.05, 0) is 26.2 Å². The molecule has 0 aromatic heterocycles. The Hall–Kier alpha value is -0.530. The van der Waals surface area contributed by atoms with Crippen molar-refractivity contribution in [1.82, 2.24) is 0 Å². The molecule has 2 heteroatoms. The maximum absolute atomic E-state index is 12.6. The summed E-state index contributed by atoms with van der Waals surface area (Å²) >= 11 is 0. The largest absolute Gasteiger partial charge is 0.465 e. The highest BCUT2D eigenvalue weighted by Crippen LogP contribution is 2.31. The Labute approximate surface area is 184 Å². The lowest BCUT2D eigenvalue weighted by atomic mass is 9.80. The Morgan fingerprint density at radius 2 is 0.966 bits per heavy atom. The fourth-order valence-corrected chi connectivity index (χ4v) is 4.28. The van der Waals surface area contributed by atoms with Gasteiger partial charge < -0.3 is 4.74 Å². The maximum Gasteiger partial charge on any atom is 0.311 e. The molecular formula is C27H54O2. The van der Waals surface area contributed by atoms with E-state index < -0.39 is 0 Å². The van der Waals surface area contributed by atoms with E-state index in [-0.39, 0.29) is 11.4 Å². The summed E-state index contributed by atoms with van der Waals surface area (Å²) in [5.41, 5.74) is -0.264. The van der Waals surface area contributed by atoms with Crippen LogP contribution in [-0.2, 0) is 9.53 Å².